The molecule has 0 saturated heterocycles. The third kappa shape index (κ3) is 4.26. The summed E-state index contributed by atoms with van der Waals surface area (Å²) in [6.07, 6.45) is 0.250. The molecular formula is C24H24BN3O4. The summed E-state index contributed by atoms with van der Waals surface area (Å²) in [5.41, 5.74) is 4.90. The van der Waals surface area contributed by atoms with Gasteiger partial charge in [-0.15, -0.1) is 0 Å². The number of amides is 3. The fraction of sp³-hybridized carbons (Fsp3) is 0.292. The van der Waals surface area contributed by atoms with E-state index in [9.17, 15) is 14.4 Å². The zero-order chi connectivity index (χ0) is 22.8. The number of rotatable bonds is 4. The average molecular weight is 429 g/mol. The highest BCUT2D eigenvalue weighted by Gasteiger charge is 2.34. The van der Waals surface area contributed by atoms with E-state index >= 15 is 0 Å². The normalized spacial score (nSPS) is 17.6. The van der Waals surface area contributed by atoms with Gasteiger partial charge in [-0.05, 0) is 22.8 Å². The Morgan fingerprint density at radius 1 is 1.22 bits per heavy atom. The van der Waals surface area contributed by atoms with Gasteiger partial charge in [-0.1, -0.05) is 41.9 Å². The van der Waals surface area contributed by atoms with Crippen molar-refractivity contribution in [3.05, 3.63) is 64.7 Å². The third-order valence-electron chi connectivity index (χ3n) is 5.90. The van der Waals surface area contributed by atoms with Crippen LogP contribution in [0.4, 0.5) is 0 Å². The van der Waals surface area contributed by atoms with Crippen LogP contribution < -0.4 is 20.8 Å². The second-order valence-electron chi connectivity index (χ2n) is 8.02. The summed E-state index contributed by atoms with van der Waals surface area (Å²) in [7, 11) is 7.70. The molecule has 0 aliphatic carbocycles. The van der Waals surface area contributed by atoms with Crippen LogP contribution in [-0.2, 0) is 20.9 Å². The van der Waals surface area contributed by atoms with Crippen molar-refractivity contribution in [1.82, 2.24) is 15.5 Å². The fourth-order valence-corrected chi connectivity index (χ4v) is 4.33. The van der Waals surface area contributed by atoms with Crippen LogP contribution in [-0.4, -0.2) is 50.7 Å². The lowest BCUT2D eigenvalue weighted by atomic mass is 9.80. The molecule has 7 nitrogen and oxygen atoms in total. The molecule has 2 heterocycles. The molecule has 0 aromatic heterocycles. The second kappa shape index (κ2) is 8.90. The van der Waals surface area contributed by atoms with Gasteiger partial charge in [-0.25, -0.2) is 0 Å². The minimum absolute atomic E-state index is 0.0768. The number of carbonyl (C=O) groups excluding carboxylic acids is 3. The molecule has 162 valence electrons. The van der Waals surface area contributed by atoms with Gasteiger partial charge >= 0.3 is 0 Å². The standard InChI is InChI=1S/C24H24BN3O4/c1-14(29)26-11-23(31)28-12-16-5-3-4-6-17(16)24-19(13-28)18(10-22(30)27-24)15-7-8-21(32-2)20(25)9-15/h3-9,18H,10-13H2,1-2H3,(H,26,29)(H,27,30). The van der Waals surface area contributed by atoms with Gasteiger partial charge in [0.2, 0.25) is 17.7 Å². The summed E-state index contributed by atoms with van der Waals surface area (Å²) >= 11 is 0. The van der Waals surface area contributed by atoms with Crippen LogP contribution in [0.3, 0.4) is 0 Å². The van der Waals surface area contributed by atoms with Gasteiger partial charge < -0.3 is 20.3 Å². The summed E-state index contributed by atoms with van der Waals surface area (Å²) in [5, 5.41) is 5.62. The van der Waals surface area contributed by atoms with E-state index in [2.05, 4.69) is 10.6 Å². The molecule has 0 spiro atoms. The summed E-state index contributed by atoms with van der Waals surface area (Å²) < 4.78 is 5.27. The molecule has 0 saturated carbocycles. The zero-order valence-corrected chi connectivity index (χ0v) is 18.1. The lowest BCUT2D eigenvalue weighted by molar-refractivity contribution is -0.132. The molecular weight excluding hydrogens is 405 g/mol. The maximum atomic E-state index is 12.9. The van der Waals surface area contributed by atoms with Gasteiger partial charge in [-0.3, -0.25) is 14.4 Å². The number of nitrogens with one attached hydrogen (secondary N) is 2. The average Bonchev–Trinajstić information content (AvgIpc) is 2.94. The van der Waals surface area contributed by atoms with Crippen molar-refractivity contribution in [2.75, 3.05) is 20.2 Å². The molecule has 4 rings (SSSR count). The third-order valence-corrected chi connectivity index (χ3v) is 5.90. The van der Waals surface area contributed by atoms with Crippen LogP contribution in [0.25, 0.3) is 5.70 Å². The Morgan fingerprint density at radius 3 is 2.72 bits per heavy atom. The predicted octanol–water partition coefficient (Wildman–Crippen LogP) is 0.982. The van der Waals surface area contributed by atoms with Crippen LogP contribution in [0, 0.1) is 0 Å². The first-order valence-electron chi connectivity index (χ1n) is 10.4. The van der Waals surface area contributed by atoms with E-state index in [0.717, 1.165) is 28.0 Å². The van der Waals surface area contributed by atoms with Crippen LogP contribution in [0.2, 0.25) is 0 Å². The first-order valence-corrected chi connectivity index (χ1v) is 10.4. The van der Waals surface area contributed by atoms with Crippen LogP contribution in [0.5, 0.6) is 5.75 Å². The number of hydrogen-bond donors (Lipinski definition) is 2. The van der Waals surface area contributed by atoms with E-state index in [4.69, 9.17) is 12.6 Å². The first-order chi connectivity index (χ1) is 15.4. The first kappa shape index (κ1) is 21.7. The summed E-state index contributed by atoms with van der Waals surface area (Å²) in [6, 6.07) is 13.3. The van der Waals surface area contributed by atoms with Crippen LogP contribution >= 0.6 is 0 Å². The molecule has 0 fully saturated rings. The summed E-state index contributed by atoms with van der Waals surface area (Å²) in [6.45, 7) is 2.02. The Morgan fingerprint density at radius 2 is 2.00 bits per heavy atom. The Balaban J connectivity index is 1.79. The molecule has 0 bridgehead atoms. The van der Waals surface area contributed by atoms with Crippen molar-refractivity contribution in [1.29, 1.82) is 0 Å². The molecule has 1 unspecified atom stereocenters. The molecule has 8 heteroatoms. The maximum absolute atomic E-state index is 12.9. The summed E-state index contributed by atoms with van der Waals surface area (Å²) in [5.74, 6) is -0.203. The highest BCUT2D eigenvalue weighted by Crippen LogP contribution is 2.39. The summed E-state index contributed by atoms with van der Waals surface area (Å²) in [4.78, 5) is 38.7. The van der Waals surface area contributed by atoms with Gasteiger partial charge in [0, 0.05) is 43.6 Å². The van der Waals surface area contributed by atoms with Gasteiger partial charge in [0.25, 0.3) is 0 Å². The number of ether oxygens (including phenoxy) is 1. The van der Waals surface area contributed by atoms with Crippen LogP contribution in [0.15, 0.2) is 48.0 Å². The minimum atomic E-state index is -0.259. The maximum Gasteiger partial charge on any atom is 0.242 e. The quantitative estimate of drug-likeness (QED) is 0.710. The Hall–Kier alpha value is -3.55. The van der Waals surface area contributed by atoms with E-state index in [0.29, 0.717) is 24.3 Å². The number of nitrogens with zero attached hydrogens (tertiary/aromatic N) is 1. The van der Waals surface area contributed by atoms with Crippen molar-refractivity contribution < 1.29 is 19.1 Å². The molecule has 2 N–H and O–H groups in total. The lowest BCUT2D eigenvalue weighted by Gasteiger charge is -2.31. The zero-order valence-electron chi connectivity index (χ0n) is 18.1. The second-order valence-corrected chi connectivity index (χ2v) is 8.02. The predicted molar refractivity (Wildman–Crippen MR) is 121 cm³/mol. The number of benzene rings is 2. The molecule has 32 heavy (non-hydrogen) atoms. The number of fused-ring (bicyclic) bond motifs is 2. The number of methoxy groups -OCH3 is 1. The van der Waals surface area contributed by atoms with Gasteiger partial charge in [0.05, 0.1) is 13.7 Å². The monoisotopic (exact) mass is 429 g/mol. The van der Waals surface area contributed by atoms with E-state index in [1.807, 2.05) is 36.4 Å². The number of hydrogen-bond acceptors (Lipinski definition) is 4. The highest BCUT2D eigenvalue weighted by atomic mass is 16.5. The lowest BCUT2D eigenvalue weighted by Crippen LogP contribution is -2.41. The molecule has 2 aliphatic rings. The molecule has 2 radical (unpaired) electrons. The number of carbonyl (C=O) groups is 3. The van der Waals surface area contributed by atoms with Gasteiger partial charge in [0.15, 0.2) is 0 Å². The van der Waals surface area contributed by atoms with Crippen molar-refractivity contribution >= 4 is 36.7 Å². The molecule has 3 amide bonds. The Kier molecular flexibility index (Phi) is 6.03. The smallest absolute Gasteiger partial charge is 0.242 e. The van der Waals surface area contributed by atoms with E-state index < -0.39 is 0 Å². The minimum Gasteiger partial charge on any atom is -0.497 e. The Labute approximate surface area is 188 Å². The van der Waals surface area contributed by atoms with Gasteiger partial charge in [-0.2, -0.15) is 0 Å². The highest BCUT2D eigenvalue weighted by molar-refractivity contribution is 6.34. The topological polar surface area (TPSA) is 87.7 Å². The van der Waals surface area contributed by atoms with Crippen molar-refractivity contribution in [2.45, 2.75) is 25.8 Å². The van der Waals surface area contributed by atoms with Crippen LogP contribution in [0.1, 0.15) is 36.0 Å². The van der Waals surface area contributed by atoms with E-state index in [1.165, 1.54) is 6.92 Å². The van der Waals surface area contributed by atoms with Crippen molar-refractivity contribution in [3.63, 3.8) is 0 Å². The molecule has 2 aromatic carbocycles. The van der Waals surface area contributed by atoms with Crippen molar-refractivity contribution in [2.24, 2.45) is 0 Å². The SMILES string of the molecule is [B]c1cc(C2CC(=O)NC3=C2CN(C(=O)CNC(C)=O)Cc2ccccc23)ccc1OC. The van der Waals surface area contributed by atoms with Gasteiger partial charge in [0.1, 0.15) is 13.6 Å². The largest absolute Gasteiger partial charge is 0.497 e. The van der Waals surface area contributed by atoms with E-state index in [1.54, 1.807) is 18.1 Å². The van der Waals surface area contributed by atoms with Crippen molar-refractivity contribution in [3.8, 4) is 5.75 Å². The van der Waals surface area contributed by atoms with E-state index in [-0.39, 0.29) is 36.6 Å². The Bertz CT molecular complexity index is 1130. The molecule has 1 atom stereocenters. The fourth-order valence-electron chi connectivity index (χ4n) is 4.33. The molecule has 2 aromatic rings. The molecule has 2 aliphatic heterocycles.